The van der Waals surface area contributed by atoms with Gasteiger partial charge in [0.1, 0.15) is 0 Å². The van der Waals surface area contributed by atoms with E-state index < -0.39 is 4.92 Å². The second-order valence-corrected chi connectivity index (χ2v) is 3.62. The molecule has 0 bridgehead atoms. The largest absolute Gasteiger partial charge is 0.397 e. The number of nitriles is 1. The Morgan fingerprint density at radius 3 is 2.65 bits per heavy atom. The topological polar surface area (TPSA) is 93.0 Å². The summed E-state index contributed by atoms with van der Waals surface area (Å²) in [5.41, 5.74) is 7.94. The lowest BCUT2D eigenvalue weighted by Crippen LogP contribution is -2.02. The molecule has 0 saturated carbocycles. The summed E-state index contributed by atoms with van der Waals surface area (Å²) in [4.78, 5) is 10.2. The van der Waals surface area contributed by atoms with E-state index in [0.29, 0.717) is 28.8 Å². The quantitative estimate of drug-likeness (QED) is 0.491. The minimum Gasteiger partial charge on any atom is -0.397 e. The van der Waals surface area contributed by atoms with Gasteiger partial charge in [0.25, 0.3) is 5.69 Å². The fourth-order valence-electron chi connectivity index (χ4n) is 1.53. The third-order valence-corrected chi connectivity index (χ3v) is 2.52. The molecule has 2 N–H and O–H groups in total. The van der Waals surface area contributed by atoms with E-state index in [1.54, 1.807) is 19.1 Å². The first-order valence-electron chi connectivity index (χ1n) is 5.15. The number of rotatable bonds is 3. The lowest BCUT2D eigenvalue weighted by molar-refractivity contribution is -0.385. The summed E-state index contributed by atoms with van der Waals surface area (Å²) in [6.45, 7) is 3.48. The van der Waals surface area contributed by atoms with Crippen molar-refractivity contribution < 1.29 is 4.92 Å². The van der Waals surface area contributed by atoms with Crippen molar-refractivity contribution in [2.45, 2.75) is 20.3 Å². The molecule has 1 aromatic rings. The smallest absolute Gasteiger partial charge is 0.272 e. The summed E-state index contributed by atoms with van der Waals surface area (Å²) < 4.78 is 0. The Hall–Kier alpha value is -2.35. The van der Waals surface area contributed by atoms with Gasteiger partial charge < -0.3 is 5.73 Å². The van der Waals surface area contributed by atoms with E-state index in [2.05, 4.69) is 0 Å². The van der Waals surface area contributed by atoms with Crippen molar-refractivity contribution >= 4 is 11.4 Å². The second kappa shape index (κ2) is 5.12. The van der Waals surface area contributed by atoms with E-state index in [1.165, 1.54) is 6.07 Å². The molecule has 88 valence electrons. The van der Waals surface area contributed by atoms with Crippen molar-refractivity contribution in [1.29, 1.82) is 5.26 Å². The molecule has 1 aromatic carbocycles. The number of benzene rings is 1. The molecule has 0 saturated heterocycles. The molecule has 0 fully saturated rings. The van der Waals surface area contributed by atoms with Gasteiger partial charge in [-0.1, -0.05) is 6.92 Å². The summed E-state index contributed by atoms with van der Waals surface area (Å²) in [5.74, 6) is 0. The van der Waals surface area contributed by atoms with Gasteiger partial charge in [0, 0.05) is 11.6 Å². The zero-order chi connectivity index (χ0) is 13.0. The zero-order valence-corrected chi connectivity index (χ0v) is 9.73. The highest BCUT2D eigenvalue weighted by molar-refractivity contribution is 5.70. The summed E-state index contributed by atoms with van der Waals surface area (Å²) in [7, 11) is 0. The van der Waals surface area contributed by atoms with E-state index in [4.69, 9.17) is 11.0 Å². The van der Waals surface area contributed by atoms with Crippen LogP contribution in [0.1, 0.15) is 24.5 Å². The standard InChI is InChI=1S/C12H13N3O2/c1-3-9(7-13)12(14)10-4-5-11(15(16)17)8(2)6-10/h4-6H,3,14H2,1-2H3/b12-9-. The number of allylic oxidation sites excluding steroid dienone is 1. The highest BCUT2D eigenvalue weighted by atomic mass is 16.6. The number of nitro groups is 1. The fourth-order valence-corrected chi connectivity index (χ4v) is 1.53. The van der Waals surface area contributed by atoms with Crippen LogP contribution in [-0.2, 0) is 0 Å². The van der Waals surface area contributed by atoms with Gasteiger partial charge in [-0.05, 0) is 31.0 Å². The molecule has 1 rings (SSSR count). The molecule has 0 amide bonds. The molecule has 0 aliphatic heterocycles. The monoisotopic (exact) mass is 231 g/mol. The number of aryl methyl sites for hydroxylation is 1. The SMILES string of the molecule is CC/C(C#N)=C(/N)c1ccc([N+](=O)[O-])c(C)c1. The summed E-state index contributed by atoms with van der Waals surface area (Å²) in [5, 5.41) is 19.5. The molecular formula is C12H13N3O2. The molecule has 0 unspecified atom stereocenters. The van der Waals surface area contributed by atoms with E-state index in [-0.39, 0.29) is 5.69 Å². The normalized spacial score (nSPS) is 11.6. The molecule has 0 radical (unpaired) electrons. The van der Waals surface area contributed by atoms with E-state index in [9.17, 15) is 10.1 Å². The maximum atomic E-state index is 10.7. The van der Waals surface area contributed by atoms with Crippen LogP contribution < -0.4 is 5.73 Å². The van der Waals surface area contributed by atoms with Crippen LogP contribution in [0.2, 0.25) is 0 Å². The fraction of sp³-hybridized carbons (Fsp3) is 0.250. The minimum absolute atomic E-state index is 0.0524. The zero-order valence-electron chi connectivity index (χ0n) is 9.73. The van der Waals surface area contributed by atoms with Gasteiger partial charge in [0.15, 0.2) is 0 Å². The van der Waals surface area contributed by atoms with Crippen molar-refractivity contribution in [3.63, 3.8) is 0 Å². The van der Waals surface area contributed by atoms with Gasteiger partial charge in [-0.2, -0.15) is 5.26 Å². The van der Waals surface area contributed by atoms with E-state index in [0.717, 1.165) is 0 Å². The van der Waals surface area contributed by atoms with Gasteiger partial charge >= 0.3 is 0 Å². The van der Waals surface area contributed by atoms with Crippen molar-refractivity contribution in [3.05, 3.63) is 45.0 Å². The van der Waals surface area contributed by atoms with Crippen LogP contribution in [0.25, 0.3) is 5.70 Å². The van der Waals surface area contributed by atoms with E-state index in [1.807, 2.05) is 13.0 Å². The number of hydrogen-bond acceptors (Lipinski definition) is 4. The first kappa shape index (κ1) is 12.7. The predicted octanol–water partition coefficient (Wildman–Crippen LogP) is 2.51. The van der Waals surface area contributed by atoms with Gasteiger partial charge in [-0.25, -0.2) is 0 Å². The average Bonchev–Trinajstić information content (AvgIpc) is 2.29. The Morgan fingerprint density at radius 1 is 1.59 bits per heavy atom. The van der Waals surface area contributed by atoms with Crippen LogP contribution in [0.15, 0.2) is 23.8 Å². The second-order valence-electron chi connectivity index (χ2n) is 3.62. The molecule has 0 atom stereocenters. The van der Waals surface area contributed by atoms with Gasteiger partial charge in [0.05, 0.1) is 22.3 Å². The van der Waals surface area contributed by atoms with Crippen molar-refractivity contribution in [2.24, 2.45) is 5.73 Å². The highest BCUT2D eigenvalue weighted by Gasteiger charge is 2.12. The Labute approximate surface area is 99.3 Å². The number of hydrogen-bond donors (Lipinski definition) is 1. The number of nitro benzene ring substituents is 1. The van der Waals surface area contributed by atoms with Crippen molar-refractivity contribution in [3.8, 4) is 6.07 Å². The highest BCUT2D eigenvalue weighted by Crippen LogP contribution is 2.23. The predicted molar refractivity (Wildman–Crippen MR) is 64.8 cm³/mol. The van der Waals surface area contributed by atoms with Crippen molar-refractivity contribution in [2.75, 3.05) is 0 Å². The Morgan fingerprint density at radius 2 is 2.24 bits per heavy atom. The molecule has 5 nitrogen and oxygen atoms in total. The molecule has 0 aliphatic carbocycles. The van der Waals surface area contributed by atoms with Gasteiger partial charge in [-0.15, -0.1) is 0 Å². The molecule has 0 aromatic heterocycles. The molecular weight excluding hydrogens is 218 g/mol. The van der Waals surface area contributed by atoms with Crippen LogP contribution >= 0.6 is 0 Å². The average molecular weight is 231 g/mol. The lowest BCUT2D eigenvalue weighted by Gasteiger charge is -2.05. The number of nitrogens with zero attached hydrogens (tertiary/aromatic N) is 2. The third-order valence-electron chi connectivity index (χ3n) is 2.52. The van der Waals surface area contributed by atoms with Crippen LogP contribution in [0, 0.1) is 28.4 Å². The summed E-state index contributed by atoms with van der Waals surface area (Å²) in [6, 6.07) is 6.62. The van der Waals surface area contributed by atoms with Crippen LogP contribution in [0.3, 0.4) is 0 Å². The summed E-state index contributed by atoms with van der Waals surface area (Å²) in [6.07, 6.45) is 0.540. The van der Waals surface area contributed by atoms with Gasteiger partial charge in [0.2, 0.25) is 0 Å². The minimum atomic E-state index is -0.440. The first-order chi connectivity index (χ1) is 8.01. The maximum Gasteiger partial charge on any atom is 0.272 e. The van der Waals surface area contributed by atoms with E-state index >= 15 is 0 Å². The third kappa shape index (κ3) is 2.61. The lowest BCUT2D eigenvalue weighted by atomic mass is 10.0. The number of nitrogens with two attached hydrogens (primary N) is 1. The first-order valence-corrected chi connectivity index (χ1v) is 5.15. The summed E-state index contributed by atoms with van der Waals surface area (Å²) >= 11 is 0. The molecule has 0 aliphatic rings. The maximum absolute atomic E-state index is 10.7. The Kier molecular flexibility index (Phi) is 3.83. The van der Waals surface area contributed by atoms with Crippen LogP contribution in [0.4, 0.5) is 5.69 Å². The molecule has 0 heterocycles. The molecule has 17 heavy (non-hydrogen) atoms. The molecule has 5 heteroatoms. The van der Waals surface area contributed by atoms with Crippen LogP contribution in [0.5, 0.6) is 0 Å². The Bertz CT molecular complexity index is 527. The Balaban J connectivity index is 3.28. The van der Waals surface area contributed by atoms with Gasteiger partial charge in [-0.3, -0.25) is 10.1 Å². The molecule has 0 spiro atoms. The van der Waals surface area contributed by atoms with Crippen LogP contribution in [-0.4, -0.2) is 4.92 Å². The van der Waals surface area contributed by atoms with Crippen molar-refractivity contribution in [1.82, 2.24) is 0 Å².